The Morgan fingerprint density at radius 3 is 1.00 bits per heavy atom. The molecule has 0 saturated carbocycles. The molecule has 35 heavy (non-hydrogen) atoms. The van der Waals surface area contributed by atoms with E-state index in [1.165, 1.54) is 22.3 Å². The monoisotopic (exact) mass is 648 g/mol. The van der Waals surface area contributed by atoms with Gasteiger partial charge in [-0.3, -0.25) is 4.79 Å². The first-order chi connectivity index (χ1) is 15.0. The zero-order valence-electron chi connectivity index (χ0n) is 22.6. The van der Waals surface area contributed by atoms with Gasteiger partial charge in [-0.05, 0) is 59.8 Å². The average Bonchev–Trinajstić information content (AvgIpc) is 2.72. The van der Waals surface area contributed by atoms with Gasteiger partial charge in [-0.25, -0.2) is 9.98 Å². The number of halogens is 2. The second-order valence-corrected chi connectivity index (χ2v) is 9.91. The molecule has 2 rings (SSSR count). The second kappa shape index (κ2) is 15.9. The predicted molar refractivity (Wildman–Crippen MR) is 140 cm³/mol. The molecular formula is C29H40Br2N2NiO. The van der Waals surface area contributed by atoms with E-state index < -0.39 is 0 Å². The standard InChI is InChI=1S/C29H40N2O.2BrH.Ni/c1-17(2)23-13-11-14-24(18(3)4)27(23)30-21(9)29(32)22(10)31-28-25(19(5)6)15-12-16-26(28)20(7)8;;;/h11-20H,1-10H3;2*1H;/q;;;+2/p-2/b30-21-,31-22+;;;. The van der Waals surface area contributed by atoms with Gasteiger partial charge in [0, 0.05) is 0 Å². The molecule has 0 amide bonds. The topological polar surface area (TPSA) is 41.8 Å². The largest absolute Gasteiger partial charge is 2.00 e. The Balaban J connectivity index is 0. The molecular weight excluding hydrogens is 611 g/mol. The minimum atomic E-state index is -0.105. The van der Waals surface area contributed by atoms with E-state index in [2.05, 4.69) is 91.8 Å². The van der Waals surface area contributed by atoms with Crippen LogP contribution in [0.2, 0.25) is 0 Å². The van der Waals surface area contributed by atoms with Crippen molar-refractivity contribution < 1.29 is 55.2 Å². The SMILES string of the molecule is C/C(=N/c1c(C(C)C)cccc1C(C)C)C(=O)/C(C)=N/c1c(C(C)C)cccc1C(C)C.[Br-].[Br-].[Ni+2]. The van der Waals surface area contributed by atoms with Crippen molar-refractivity contribution in [1.29, 1.82) is 0 Å². The molecule has 0 aliphatic heterocycles. The van der Waals surface area contributed by atoms with Gasteiger partial charge in [0.1, 0.15) is 0 Å². The van der Waals surface area contributed by atoms with Crippen molar-refractivity contribution in [2.45, 2.75) is 92.9 Å². The van der Waals surface area contributed by atoms with E-state index in [0.29, 0.717) is 35.1 Å². The van der Waals surface area contributed by atoms with Gasteiger partial charge in [0.2, 0.25) is 5.78 Å². The van der Waals surface area contributed by atoms with Gasteiger partial charge in [-0.15, -0.1) is 0 Å². The summed E-state index contributed by atoms with van der Waals surface area (Å²) in [5.41, 5.74) is 7.51. The quantitative estimate of drug-likeness (QED) is 0.320. The summed E-state index contributed by atoms with van der Waals surface area (Å²) in [5, 5.41) is 0. The van der Waals surface area contributed by atoms with Crippen LogP contribution in [0.5, 0.6) is 0 Å². The van der Waals surface area contributed by atoms with E-state index in [4.69, 9.17) is 9.98 Å². The summed E-state index contributed by atoms with van der Waals surface area (Å²) in [6.07, 6.45) is 0. The van der Waals surface area contributed by atoms with Gasteiger partial charge >= 0.3 is 16.5 Å². The molecule has 0 saturated heterocycles. The molecule has 2 aromatic carbocycles. The van der Waals surface area contributed by atoms with Gasteiger partial charge in [0.25, 0.3) is 0 Å². The van der Waals surface area contributed by atoms with Crippen LogP contribution in [0.3, 0.4) is 0 Å². The van der Waals surface area contributed by atoms with Crippen molar-refractivity contribution in [2.24, 2.45) is 9.98 Å². The summed E-state index contributed by atoms with van der Waals surface area (Å²) in [7, 11) is 0. The Morgan fingerprint density at radius 1 is 0.571 bits per heavy atom. The van der Waals surface area contributed by atoms with E-state index in [1.54, 1.807) is 13.8 Å². The van der Waals surface area contributed by atoms with Crippen LogP contribution < -0.4 is 34.0 Å². The Kier molecular flexibility index (Phi) is 16.4. The number of carbonyl (C=O) groups excluding carboxylic acids is 1. The minimum absolute atomic E-state index is 0. The zero-order chi connectivity index (χ0) is 24.2. The van der Waals surface area contributed by atoms with E-state index in [-0.39, 0.29) is 56.2 Å². The molecule has 0 bridgehead atoms. The fourth-order valence-electron chi connectivity index (χ4n) is 3.98. The number of para-hydroxylation sites is 2. The van der Waals surface area contributed by atoms with Crippen LogP contribution in [-0.4, -0.2) is 17.2 Å². The molecule has 6 heteroatoms. The van der Waals surface area contributed by atoms with Crippen LogP contribution in [0.15, 0.2) is 46.4 Å². The number of rotatable bonds is 8. The molecule has 0 unspecified atom stereocenters. The van der Waals surface area contributed by atoms with E-state index in [1.807, 2.05) is 0 Å². The fourth-order valence-corrected chi connectivity index (χ4v) is 3.98. The summed E-state index contributed by atoms with van der Waals surface area (Å²) >= 11 is 0. The third-order valence-electron chi connectivity index (χ3n) is 5.90. The Bertz CT molecular complexity index is 907. The first kappa shape index (κ1) is 36.1. The Labute approximate surface area is 244 Å². The van der Waals surface area contributed by atoms with Gasteiger partial charge in [-0.1, -0.05) is 91.8 Å². The van der Waals surface area contributed by atoms with Crippen molar-refractivity contribution in [3.63, 3.8) is 0 Å². The molecule has 0 aromatic heterocycles. The first-order valence-electron chi connectivity index (χ1n) is 11.9. The number of aliphatic imine (C=N–C) groups is 2. The fraction of sp³-hybridized carbons (Fsp3) is 0.483. The molecule has 3 nitrogen and oxygen atoms in total. The van der Waals surface area contributed by atoms with Crippen LogP contribution in [0.4, 0.5) is 11.4 Å². The predicted octanol–water partition coefficient (Wildman–Crippen LogP) is 2.64. The zero-order valence-corrected chi connectivity index (χ0v) is 26.8. The third-order valence-corrected chi connectivity index (χ3v) is 5.90. The molecule has 0 N–H and O–H groups in total. The summed E-state index contributed by atoms with van der Waals surface area (Å²) in [6, 6.07) is 12.6. The number of carbonyl (C=O) groups is 1. The summed E-state index contributed by atoms with van der Waals surface area (Å²) < 4.78 is 0. The van der Waals surface area contributed by atoms with Gasteiger partial charge < -0.3 is 34.0 Å². The van der Waals surface area contributed by atoms with Crippen LogP contribution in [0.25, 0.3) is 0 Å². The van der Waals surface area contributed by atoms with Crippen LogP contribution in [0.1, 0.15) is 115 Å². The van der Waals surface area contributed by atoms with Gasteiger partial charge in [0.15, 0.2) is 0 Å². The van der Waals surface area contributed by atoms with Crippen molar-refractivity contribution in [2.75, 3.05) is 0 Å². The maximum Gasteiger partial charge on any atom is 2.00 e. The molecule has 0 heterocycles. The molecule has 0 aliphatic rings. The summed E-state index contributed by atoms with van der Waals surface area (Å²) in [5.74, 6) is 1.22. The normalized spacial score (nSPS) is 11.9. The van der Waals surface area contributed by atoms with Gasteiger partial charge in [0.05, 0.1) is 22.8 Å². The number of Topliss-reactive ketones (excluding diaryl/α,β-unsaturated/α-hetero) is 1. The molecule has 196 valence electrons. The molecule has 0 fully saturated rings. The Hall–Kier alpha value is -1.10. The summed E-state index contributed by atoms with van der Waals surface area (Å²) in [4.78, 5) is 23.0. The summed E-state index contributed by atoms with van der Waals surface area (Å²) in [6.45, 7) is 20.9. The van der Waals surface area contributed by atoms with E-state index in [0.717, 1.165) is 11.4 Å². The average molecular weight is 651 g/mol. The van der Waals surface area contributed by atoms with Crippen molar-refractivity contribution in [1.82, 2.24) is 0 Å². The Morgan fingerprint density at radius 2 is 0.800 bits per heavy atom. The first-order valence-corrected chi connectivity index (χ1v) is 11.9. The molecule has 0 aliphatic carbocycles. The number of hydrogen-bond acceptors (Lipinski definition) is 3. The maximum atomic E-state index is 13.3. The molecule has 0 atom stereocenters. The van der Waals surface area contributed by atoms with E-state index >= 15 is 0 Å². The van der Waals surface area contributed by atoms with Crippen LogP contribution >= 0.6 is 0 Å². The minimum Gasteiger partial charge on any atom is -1.00 e. The number of nitrogens with zero attached hydrogens (tertiary/aromatic N) is 2. The number of hydrogen-bond donors (Lipinski definition) is 0. The van der Waals surface area contributed by atoms with Crippen LogP contribution in [-0.2, 0) is 21.3 Å². The van der Waals surface area contributed by atoms with Crippen molar-refractivity contribution in [3.05, 3.63) is 58.7 Å². The van der Waals surface area contributed by atoms with Gasteiger partial charge in [-0.2, -0.15) is 0 Å². The van der Waals surface area contributed by atoms with Crippen molar-refractivity contribution >= 4 is 28.6 Å². The van der Waals surface area contributed by atoms with E-state index in [9.17, 15) is 4.79 Å². The third kappa shape index (κ3) is 9.06. The number of ketones is 1. The molecule has 0 spiro atoms. The molecule has 0 radical (unpaired) electrons. The maximum absolute atomic E-state index is 13.3. The van der Waals surface area contributed by atoms with Crippen LogP contribution in [0, 0.1) is 0 Å². The number of benzene rings is 2. The smallest absolute Gasteiger partial charge is 1.00 e. The second-order valence-electron chi connectivity index (χ2n) is 9.91. The molecule has 2 aromatic rings. The van der Waals surface area contributed by atoms with Crippen molar-refractivity contribution in [3.8, 4) is 0 Å².